The molecule has 1 fully saturated rings. The van der Waals surface area contributed by atoms with E-state index in [2.05, 4.69) is 5.32 Å². The summed E-state index contributed by atoms with van der Waals surface area (Å²) in [4.78, 5) is 30.3. The number of nitrogens with zero attached hydrogens (tertiary/aromatic N) is 2. The average molecular weight is 466 g/mol. The maximum Gasteiger partial charge on any atom is 0.262 e. The molecule has 5 nitrogen and oxygen atoms in total. The monoisotopic (exact) mass is 465 g/mol. The number of piperidine rings is 1. The van der Waals surface area contributed by atoms with Crippen molar-refractivity contribution >= 4 is 46.4 Å². The van der Waals surface area contributed by atoms with Crippen molar-refractivity contribution in [1.29, 1.82) is 0 Å². The lowest BCUT2D eigenvalue weighted by molar-refractivity contribution is 0.0669. The number of likely N-dealkylation sites (tertiary alicyclic amines) is 1. The molecule has 2 heterocycles. The van der Waals surface area contributed by atoms with Gasteiger partial charge in [-0.1, -0.05) is 53.5 Å². The highest BCUT2D eigenvalue weighted by molar-refractivity contribution is 6.33. The van der Waals surface area contributed by atoms with Crippen molar-refractivity contribution < 1.29 is 9.59 Å². The predicted molar refractivity (Wildman–Crippen MR) is 128 cm³/mol. The molecule has 0 radical (unpaired) electrons. The zero-order valence-electron chi connectivity index (χ0n) is 17.2. The van der Waals surface area contributed by atoms with E-state index in [1.807, 2.05) is 48.5 Å². The number of anilines is 2. The molecule has 3 aromatic rings. The number of nitrogens with one attached hydrogen (secondary N) is 1. The third-order valence-electron chi connectivity index (χ3n) is 6.20. The fourth-order valence-electron chi connectivity index (χ4n) is 4.61. The Morgan fingerprint density at radius 1 is 0.906 bits per heavy atom. The lowest BCUT2D eigenvalue weighted by Gasteiger charge is -2.52. The third kappa shape index (κ3) is 3.51. The van der Waals surface area contributed by atoms with E-state index in [0.29, 0.717) is 47.1 Å². The Balaban J connectivity index is 1.49. The molecule has 0 bridgehead atoms. The predicted octanol–water partition coefficient (Wildman–Crippen LogP) is 5.70. The molecule has 1 spiro atoms. The molecular formula is C25H21Cl2N3O2. The van der Waals surface area contributed by atoms with Crippen LogP contribution in [0, 0.1) is 0 Å². The minimum atomic E-state index is -0.659. The van der Waals surface area contributed by atoms with Gasteiger partial charge in [-0.15, -0.1) is 0 Å². The lowest BCUT2D eigenvalue weighted by Crippen LogP contribution is -2.65. The lowest BCUT2D eigenvalue weighted by atomic mass is 9.89. The first-order valence-corrected chi connectivity index (χ1v) is 11.3. The molecule has 0 aliphatic carbocycles. The molecule has 1 N–H and O–H groups in total. The van der Waals surface area contributed by atoms with Crippen LogP contribution < -0.4 is 10.2 Å². The van der Waals surface area contributed by atoms with Gasteiger partial charge >= 0.3 is 0 Å². The van der Waals surface area contributed by atoms with Crippen molar-refractivity contribution in [2.45, 2.75) is 18.5 Å². The summed E-state index contributed by atoms with van der Waals surface area (Å²) in [6, 6.07) is 21.9. The van der Waals surface area contributed by atoms with Crippen LogP contribution in [0.25, 0.3) is 0 Å². The van der Waals surface area contributed by atoms with Gasteiger partial charge in [0.2, 0.25) is 0 Å². The number of hydrogen-bond donors (Lipinski definition) is 1. The van der Waals surface area contributed by atoms with Crippen LogP contribution in [0.5, 0.6) is 0 Å². The van der Waals surface area contributed by atoms with Crippen LogP contribution >= 0.6 is 23.2 Å². The molecule has 2 amide bonds. The van der Waals surface area contributed by atoms with E-state index in [-0.39, 0.29) is 11.8 Å². The minimum Gasteiger partial charge on any atom is -0.362 e. The first-order chi connectivity index (χ1) is 15.5. The molecule has 162 valence electrons. The fourth-order valence-corrected chi connectivity index (χ4v) is 5.01. The molecule has 2 aliphatic rings. The summed E-state index contributed by atoms with van der Waals surface area (Å²) in [5.41, 5.74) is 1.99. The number of carbonyl (C=O) groups excluding carboxylic acids is 2. The van der Waals surface area contributed by atoms with Gasteiger partial charge in [0.1, 0.15) is 5.66 Å². The van der Waals surface area contributed by atoms with Crippen molar-refractivity contribution in [3.8, 4) is 0 Å². The molecule has 0 unspecified atom stereocenters. The molecule has 2 aliphatic heterocycles. The van der Waals surface area contributed by atoms with Gasteiger partial charge < -0.3 is 10.2 Å². The van der Waals surface area contributed by atoms with Gasteiger partial charge in [-0.25, -0.2) is 0 Å². The number of benzene rings is 3. The quantitative estimate of drug-likeness (QED) is 0.528. The Morgan fingerprint density at radius 2 is 1.62 bits per heavy atom. The van der Waals surface area contributed by atoms with E-state index in [4.69, 9.17) is 23.2 Å². The SMILES string of the molecule is O=C(c1ccccc1Cl)N1CCC2(CC1)Nc1ccccc1C(=O)N2c1cccc(Cl)c1. The van der Waals surface area contributed by atoms with Crippen molar-refractivity contribution in [2.24, 2.45) is 0 Å². The largest absolute Gasteiger partial charge is 0.362 e. The highest BCUT2D eigenvalue weighted by Crippen LogP contribution is 2.41. The van der Waals surface area contributed by atoms with Crippen molar-refractivity contribution in [1.82, 2.24) is 4.90 Å². The summed E-state index contributed by atoms with van der Waals surface area (Å²) in [6.07, 6.45) is 1.13. The van der Waals surface area contributed by atoms with Crippen molar-refractivity contribution in [3.63, 3.8) is 0 Å². The molecule has 0 atom stereocenters. The standard InChI is InChI=1S/C25H21Cl2N3O2/c26-17-6-5-7-18(16-17)30-24(32)20-9-2-4-11-22(20)28-25(30)12-14-29(15-13-25)23(31)19-8-1-3-10-21(19)27/h1-11,16,28H,12-15H2. The van der Waals surface area contributed by atoms with Crippen LogP contribution in [0.1, 0.15) is 33.6 Å². The zero-order valence-corrected chi connectivity index (χ0v) is 18.7. The number of fused-ring (bicyclic) bond motifs is 1. The summed E-state index contributed by atoms with van der Waals surface area (Å²) in [5.74, 6) is -0.171. The Morgan fingerprint density at radius 3 is 2.38 bits per heavy atom. The van der Waals surface area contributed by atoms with E-state index in [9.17, 15) is 9.59 Å². The molecule has 0 aromatic heterocycles. The van der Waals surface area contributed by atoms with Crippen LogP contribution in [-0.4, -0.2) is 35.5 Å². The van der Waals surface area contributed by atoms with E-state index in [0.717, 1.165) is 11.4 Å². The van der Waals surface area contributed by atoms with Crippen LogP contribution in [0.3, 0.4) is 0 Å². The first-order valence-electron chi connectivity index (χ1n) is 10.5. The van der Waals surface area contributed by atoms with E-state index in [1.165, 1.54) is 0 Å². The van der Waals surface area contributed by atoms with Gasteiger partial charge in [0.05, 0.1) is 16.1 Å². The summed E-state index contributed by atoms with van der Waals surface area (Å²) >= 11 is 12.5. The van der Waals surface area contributed by atoms with Crippen LogP contribution in [0.15, 0.2) is 72.8 Å². The molecule has 32 heavy (non-hydrogen) atoms. The van der Waals surface area contributed by atoms with Crippen LogP contribution in [-0.2, 0) is 0 Å². The smallest absolute Gasteiger partial charge is 0.262 e. The Bertz CT molecular complexity index is 1210. The number of rotatable bonds is 2. The molecule has 7 heteroatoms. The Hall–Kier alpha value is -3.02. The molecular weight excluding hydrogens is 445 g/mol. The Kier molecular flexibility index (Phi) is 5.31. The van der Waals surface area contributed by atoms with E-state index in [1.54, 1.807) is 34.1 Å². The molecule has 0 saturated carbocycles. The normalized spacial score (nSPS) is 17.1. The second-order valence-corrected chi connectivity index (χ2v) is 8.94. The third-order valence-corrected chi connectivity index (χ3v) is 6.77. The van der Waals surface area contributed by atoms with Gasteiger partial charge in [-0.3, -0.25) is 14.5 Å². The number of para-hydroxylation sites is 1. The highest BCUT2D eigenvalue weighted by atomic mass is 35.5. The summed E-state index contributed by atoms with van der Waals surface area (Å²) in [7, 11) is 0. The van der Waals surface area contributed by atoms with Gasteiger partial charge in [0.25, 0.3) is 11.8 Å². The second kappa shape index (κ2) is 8.15. The Labute approximate surface area is 196 Å². The second-order valence-electron chi connectivity index (χ2n) is 8.09. The van der Waals surface area contributed by atoms with E-state index >= 15 is 0 Å². The maximum atomic E-state index is 13.6. The van der Waals surface area contributed by atoms with Gasteiger partial charge in [-0.05, 0) is 42.5 Å². The van der Waals surface area contributed by atoms with Crippen LogP contribution in [0.2, 0.25) is 10.0 Å². The number of hydrogen-bond acceptors (Lipinski definition) is 3. The topological polar surface area (TPSA) is 52.7 Å². The minimum absolute atomic E-state index is 0.0764. The zero-order chi connectivity index (χ0) is 22.3. The number of amides is 2. The molecule has 5 rings (SSSR count). The number of halogens is 2. The highest BCUT2D eigenvalue weighted by Gasteiger charge is 2.48. The van der Waals surface area contributed by atoms with E-state index < -0.39 is 5.66 Å². The first kappa shape index (κ1) is 20.9. The summed E-state index contributed by atoms with van der Waals surface area (Å²) in [5, 5.41) is 4.63. The fraction of sp³-hybridized carbons (Fsp3) is 0.200. The van der Waals surface area contributed by atoms with Crippen LogP contribution in [0.4, 0.5) is 11.4 Å². The summed E-state index contributed by atoms with van der Waals surface area (Å²) in [6.45, 7) is 0.979. The number of carbonyl (C=O) groups is 2. The van der Waals surface area contributed by atoms with Gasteiger partial charge in [-0.2, -0.15) is 0 Å². The molecule has 3 aromatic carbocycles. The summed E-state index contributed by atoms with van der Waals surface area (Å²) < 4.78 is 0. The average Bonchev–Trinajstić information content (AvgIpc) is 2.80. The van der Waals surface area contributed by atoms with Crippen molar-refractivity contribution in [2.75, 3.05) is 23.3 Å². The van der Waals surface area contributed by atoms with Gasteiger partial charge in [0, 0.05) is 42.3 Å². The van der Waals surface area contributed by atoms with Gasteiger partial charge in [0.15, 0.2) is 0 Å². The molecule has 1 saturated heterocycles. The maximum absolute atomic E-state index is 13.6. The van der Waals surface area contributed by atoms with Crippen molar-refractivity contribution in [3.05, 3.63) is 94.0 Å².